The maximum absolute atomic E-state index is 11.8. The van der Waals surface area contributed by atoms with Crippen molar-refractivity contribution in [1.82, 2.24) is 10.6 Å². The van der Waals surface area contributed by atoms with Gasteiger partial charge in [0.1, 0.15) is 0 Å². The Morgan fingerprint density at radius 1 is 1.31 bits per heavy atom. The number of carbonyl (C=O) groups excluding carboxylic acids is 1. The zero-order chi connectivity index (χ0) is 11.5. The second-order valence-electron chi connectivity index (χ2n) is 4.98. The summed E-state index contributed by atoms with van der Waals surface area (Å²) in [5, 5.41) is 7.22. The maximum Gasteiger partial charge on any atom is 0.237 e. The minimum Gasteiger partial charge on any atom is -0.352 e. The van der Waals surface area contributed by atoms with Crippen molar-refractivity contribution < 1.29 is 4.79 Å². The lowest BCUT2D eigenvalue weighted by Crippen LogP contribution is -2.48. The smallest absolute Gasteiger partial charge is 0.237 e. The Labute approximate surface area is 102 Å². The molecule has 0 aromatic carbocycles. The molecule has 0 heterocycles. The molecule has 2 fully saturated rings. The predicted molar refractivity (Wildman–Crippen MR) is 68.7 cm³/mol. The summed E-state index contributed by atoms with van der Waals surface area (Å²) < 4.78 is 0. The quantitative estimate of drug-likeness (QED) is 0.768. The summed E-state index contributed by atoms with van der Waals surface area (Å²) in [6.07, 6.45) is 8.28. The Bertz CT molecular complexity index is 255. The molecule has 2 aliphatic rings. The molecular formula is C12H22N2OS. The highest BCUT2D eigenvalue weighted by atomic mass is 32.2. The van der Waals surface area contributed by atoms with Gasteiger partial charge in [-0.15, -0.1) is 0 Å². The summed E-state index contributed by atoms with van der Waals surface area (Å²) in [4.78, 5) is 11.8. The van der Waals surface area contributed by atoms with E-state index in [1.54, 1.807) is 0 Å². The first kappa shape index (κ1) is 12.2. The van der Waals surface area contributed by atoms with E-state index in [1.165, 1.54) is 19.3 Å². The van der Waals surface area contributed by atoms with Crippen LogP contribution in [0, 0.1) is 0 Å². The van der Waals surface area contributed by atoms with E-state index in [1.807, 2.05) is 18.7 Å². The van der Waals surface area contributed by atoms with Crippen LogP contribution in [0.15, 0.2) is 0 Å². The van der Waals surface area contributed by atoms with Gasteiger partial charge in [-0.3, -0.25) is 4.79 Å². The fourth-order valence-electron chi connectivity index (χ4n) is 2.35. The number of amides is 1. The van der Waals surface area contributed by atoms with E-state index in [4.69, 9.17) is 0 Å². The van der Waals surface area contributed by atoms with Gasteiger partial charge < -0.3 is 10.6 Å². The Kier molecular flexibility index (Phi) is 4.14. The summed E-state index contributed by atoms with van der Waals surface area (Å²) in [7, 11) is 0. The highest BCUT2D eigenvalue weighted by Gasteiger charge is 2.30. The number of rotatable bonds is 5. The molecule has 0 aromatic rings. The Morgan fingerprint density at radius 2 is 2.06 bits per heavy atom. The number of thioether (sulfide) groups is 1. The van der Waals surface area contributed by atoms with Gasteiger partial charge in [0.15, 0.2) is 0 Å². The van der Waals surface area contributed by atoms with E-state index in [-0.39, 0.29) is 11.9 Å². The molecule has 0 aromatic heterocycles. The molecule has 0 saturated heterocycles. The average molecular weight is 242 g/mol. The molecule has 0 aliphatic heterocycles. The van der Waals surface area contributed by atoms with E-state index in [2.05, 4.69) is 16.9 Å². The van der Waals surface area contributed by atoms with Crippen LogP contribution in [0.25, 0.3) is 0 Å². The first-order valence-electron chi connectivity index (χ1n) is 6.30. The zero-order valence-corrected chi connectivity index (χ0v) is 11.0. The highest BCUT2D eigenvalue weighted by Crippen LogP contribution is 2.28. The summed E-state index contributed by atoms with van der Waals surface area (Å²) in [5.41, 5.74) is 0. The third-order valence-electron chi connectivity index (χ3n) is 3.54. The molecule has 4 heteroatoms. The van der Waals surface area contributed by atoms with Crippen LogP contribution < -0.4 is 10.6 Å². The van der Waals surface area contributed by atoms with Gasteiger partial charge in [-0.05, 0) is 38.9 Å². The fraction of sp³-hybridized carbons (Fsp3) is 0.917. The third-order valence-corrected chi connectivity index (χ3v) is 4.71. The van der Waals surface area contributed by atoms with Crippen molar-refractivity contribution in [3.05, 3.63) is 0 Å². The molecular weight excluding hydrogens is 220 g/mol. The average Bonchev–Trinajstić information content (AvgIpc) is 2.96. The van der Waals surface area contributed by atoms with Gasteiger partial charge in [-0.2, -0.15) is 11.8 Å². The minimum absolute atomic E-state index is 0.0432. The van der Waals surface area contributed by atoms with Crippen molar-refractivity contribution in [2.24, 2.45) is 0 Å². The van der Waals surface area contributed by atoms with Crippen LogP contribution in [-0.2, 0) is 4.79 Å². The second-order valence-corrected chi connectivity index (χ2v) is 6.06. The van der Waals surface area contributed by atoms with Crippen LogP contribution in [0.4, 0.5) is 0 Å². The van der Waals surface area contributed by atoms with E-state index in [9.17, 15) is 4.79 Å². The first-order valence-corrected chi connectivity index (χ1v) is 7.58. The Hall–Kier alpha value is -0.220. The number of hydrogen-bond acceptors (Lipinski definition) is 3. The molecule has 0 bridgehead atoms. The van der Waals surface area contributed by atoms with Crippen molar-refractivity contribution in [3.63, 3.8) is 0 Å². The molecule has 3 unspecified atom stereocenters. The van der Waals surface area contributed by atoms with Gasteiger partial charge in [-0.1, -0.05) is 6.42 Å². The number of hydrogen-bond donors (Lipinski definition) is 2. The predicted octanol–water partition coefficient (Wildman–Crippen LogP) is 1.53. The van der Waals surface area contributed by atoms with Crippen molar-refractivity contribution in [3.8, 4) is 0 Å². The molecule has 3 atom stereocenters. The molecule has 92 valence electrons. The molecule has 3 nitrogen and oxygen atoms in total. The summed E-state index contributed by atoms with van der Waals surface area (Å²) >= 11 is 1.93. The second kappa shape index (κ2) is 5.41. The van der Waals surface area contributed by atoms with Crippen molar-refractivity contribution in [2.75, 3.05) is 6.26 Å². The third kappa shape index (κ3) is 3.14. The highest BCUT2D eigenvalue weighted by molar-refractivity contribution is 7.99. The van der Waals surface area contributed by atoms with Crippen molar-refractivity contribution >= 4 is 17.7 Å². The molecule has 16 heavy (non-hydrogen) atoms. The number of carbonyl (C=O) groups is 1. The molecule has 2 aliphatic carbocycles. The molecule has 0 radical (unpaired) electrons. The van der Waals surface area contributed by atoms with Crippen LogP contribution in [0.3, 0.4) is 0 Å². The van der Waals surface area contributed by atoms with Gasteiger partial charge in [0.05, 0.1) is 6.04 Å². The zero-order valence-electron chi connectivity index (χ0n) is 10.2. The van der Waals surface area contributed by atoms with Crippen molar-refractivity contribution in [1.29, 1.82) is 0 Å². The van der Waals surface area contributed by atoms with Gasteiger partial charge in [-0.25, -0.2) is 0 Å². The lowest BCUT2D eigenvalue weighted by Gasteiger charge is -2.23. The molecule has 0 spiro atoms. The summed E-state index contributed by atoms with van der Waals surface area (Å²) in [6, 6.07) is 0.949. The first-order chi connectivity index (χ1) is 7.70. The normalized spacial score (nSPS) is 31.4. The van der Waals surface area contributed by atoms with E-state index in [0.717, 1.165) is 12.8 Å². The van der Waals surface area contributed by atoms with E-state index < -0.39 is 0 Å². The minimum atomic E-state index is -0.0432. The monoisotopic (exact) mass is 242 g/mol. The van der Waals surface area contributed by atoms with Gasteiger partial charge in [0, 0.05) is 17.3 Å². The van der Waals surface area contributed by atoms with Gasteiger partial charge in [0.25, 0.3) is 0 Å². The Balaban J connectivity index is 1.76. The lowest BCUT2D eigenvalue weighted by atomic mass is 10.2. The summed E-state index contributed by atoms with van der Waals surface area (Å²) in [5.74, 6) is 0.175. The summed E-state index contributed by atoms with van der Waals surface area (Å²) in [6.45, 7) is 1.98. The van der Waals surface area contributed by atoms with Crippen LogP contribution in [0.2, 0.25) is 0 Å². The lowest BCUT2D eigenvalue weighted by molar-refractivity contribution is -0.123. The Morgan fingerprint density at radius 3 is 2.69 bits per heavy atom. The van der Waals surface area contributed by atoms with Crippen LogP contribution in [-0.4, -0.2) is 35.5 Å². The van der Waals surface area contributed by atoms with Crippen molar-refractivity contribution in [2.45, 2.75) is 62.4 Å². The van der Waals surface area contributed by atoms with Crippen LogP contribution in [0.1, 0.15) is 39.0 Å². The molecule has 2 rings (SSSR count). The van der Waals surface area contributed by atoms with Crippen LogP contribution in [0.5, 0.6) is 0 Å². The van der Waals surface area contributed by atoms with E-state index in [0.29, 0.717) is 17.3 Å². The molecule has 2 saturated carbocycles. The van der Waals surface area contributed by atoms with E-state index >= 15 is 0 Å². The van der Waals surface area contributed by atoms with Gasteiger partial charge >= 0.3 is 0 Å². The SMILES string of the molecule is CSC1CCCC1NC(C)C(=O)NC1CC1. The standard InChI is InChI=1S/C12H22N2OS/c1-8(12(15)14-9-6-7-9)13-10-4-3-5-11(10)16-2/h8-11,13H,3-7H2,1-2H3,(H,14,15). The van der Waals surface area contributed by atoms with Crippen LogP contribution >= 0.6 is 11.8 Å². The molecule has 2 N–H and O–H groups in total. The fourth-order valence-corrected chi connectivity index (χ4v) is 3.30. The topological polar surface area (TPSA) is 41.1 Å². The number of nitrogens with one attached hydrogen (secondary N) is 2. The maximum atomic E-state index is 11.8. The largest absolute Gasteiger partial charge is 0.352 e. The molecule has 1 amide bonds. The van der Waals surface area contributed by atoms with Gasteiger partial charge in [0.2, 0.25) is 5.91 Å².